The van der Waals surface area contributed by atoms with Crippen LogP contribution in [-0.4, -0.2) is 38.2 Å². The zero-order valence-corrected chi connectivity index (χ0v) is 19.7. The van der Waals surface area contributed by atoms with E-state index in [9.17, 15) is 24.8 Å². The number of rotatable bonds is 9. The first-order valence-electron chi connectivity index (χ1n) is 11.6. The number of hydrogen-bond donors (Lipinski definition) is 1. The number of carbonyl (C=O) groups excluding carboxylic acids is 2. The van der Waals surface area contributed by atoms with Gasteiger partial charge in [0, 0.05) is 36.6 Å². The molecule has 1 N–H and O–H groups in total. The Bertz CT molecular complexity index is 1320. The molecule has 9 heteroatoms. The minimum atomic E-state index is -1.03. The van der Waals surface area contributed by atoms with Crippen LogP contribution in [0.5, 0.6) is 5.75 Å². The van der Waals surface area contributed by atoms with Crippen molar-refractivity contribution in [2.75, 3.05) is 6.61 Å². The molecule has 1 aliphatic rings. The van der Waals surface area contributed by atoms with Crippen LogP contribution in [0, 0.1) is 10.1 Å². The summed E-state index contributed by atoms with van der Waals surface area (Å²) in [5.74, 6) is -1.54. The van der Waals surface area contributed by atoms with Crippen molar-refractivity contribution in [2.45, 2.75) is 32.4 Å². The number of benzene rings is 2. The van der Waals surface area contributed by atoms with E-state index in [-0.39, 0.29) is 23.6 Å². The molecule has 1 atom stereocenters. The lowest BCUT2D eigenvalue weighted by molar-refractivity contribution is -0.384. The van der Waals surface area contributed by atoms with E-state index in [1.807, 2.05) is 6.92 Å². The number of ether oxygens (including phenoxy) is 1. The molecule has 1 aromatic heterocycles. The highest BCUT2D eigenvalue weighted by molar-refractivity contribution is 6.46. The van der Waals surface area contributed by atoms with E-state index >= 15 is 0 Å². The number of ketones is 1. The molecule has 184 valence electrons. The Kier molecular flexibility index (Phi) is 7.39. The van der Waals surface area contributed by atoms with Crippen LogP contribution in [-0.2, 0) is 16.1 Å². The molecule has 36 heavy (non-hydrogen) atoms. The first-order chi connectivity index (χ1) is 17.4. The van der Waals surface area contributed by atoms with Gasteiger partial charge in [0.2, 0.25) is 0 Å². The van der Waals surface area contributed by atoms with Crippen LogP contribution < -0.4 is 4.74 Å². The van der Waals surface area contributed by atoms with Crippen LogP contribution in [0.15, 0.2) is 78.6 Å². The number of nitro benzene ring substituents is 1. The SMILES string of the molecule is CCCCOc1cccc(/C(O)=C2\C(=O)C(=O)N(Cc3cccnc3)C2c2cccc([N+](=O)[O-])c2)c1. The third-order valence-corrected chi connectivity index (χ3v) is 5.89. The fraction of sp³-hybridized carbons (Fsp3) is 0.222. The molecule has 0 spiro atoms. The van der Waals surface area contributed by atoms with Gasteiger partial charge in [0.25, 0.3) is 17.4 Å². The predicted molar refractivity (Wildman–Crippen MR) is 132 cm³/mol. The molecule has 0 aliphatic carbocycles. The largest absolute Gasteiger partial charge is 0.507 e. The number of aromatic nitrogens is 1. The molecule has 0 bridgehead atoms. The Morgan fingerprint density at radius 1 is 1.14 bits per heavy atom. The number of aliphatic hydroxyl groups is 1. The average Bonchev–Trinajstić information content (AvgIpc) is 3.14. The van der Waals surface area contributed by atoms with Crippen molar-refractivity contribution in [1.82, 2.24) is 9.88 Å². The quantitative estimate of drug-likeness (QED) is 0.115. The first-order valence-corrected chi connectivity index (χ1v) is 11.6. The smallest absolute Gasteiger partial charge is 0.295 e. The molecule has 1 aliphatic heterocycles. The maximum absolute atomic E-state index is 13.2. The first kappa shape index (κ1) is 24.6. The van der Waals surface area contributed by atoms with Crippen LogP contribution >= 0.6 is 0 Å². The van der Waals surface area contributed by atoms with Crippen LogP contribution in [0.3, 0.4) is 0 Å². The standard InChI is InChI=1S/C27H25N3O6/c1-2-3-13-36-22-11-5-9-20(15-22)25(31)23-24(19-8-4-10-21(14-19)30(34)35)29(27(33)26(23)32)17-18-7-6-12-28-16-18/h4-12,14-16,24,31H,2-3,13,17H2,1H3/b25-23+. The van der Waals surface area contributed by atoms with Gasteiger partial charge in [0.05, 0.1) is 23.1 Å². The molecule has 3 aromatic rings. The highest BCUT2D eigenvalue weighted by Crippen LogP contribution is 2.41. The van der Waals surface area contributed by atoms with Gasteiger partial charge >= 0.3 is 0 Å². The highest BCUT2D eigenvalue weighted by atomic mass is 16.6. The van der Waals surface area contributed by atoms with Gasteiger partial charge in [-0.05, 0) is 35.7 Å². The van der Waals surface area contributed by atoms with Crippen molar-refractivity contribution in [3.05, 3.63) is 105 Å². The average molecular weight is 488 g/mol. The second-order valence-corrected chi connectivity index (χ2v) is 8.37. The molecule has 0 radical (unpaired) electrons. The second-order valence-electron chi connectivity index (χ2n) is 8.37. The van der Waals surface area contributed by atoms with Crippen LogP contribution in [0.2, 0.25) is 0 Å². The zero-order chi connectivity index (χ0) is 25.7. The monoisotopic (exact) mass is 487 g/mol. The number of pyridine rings is 1. The van der Waals surface area contributed by atoms with Gasteiger partial charge in [0.1, 0.15) is 11.5 Å². The lowest BCUT2D eigenvalue weighted by atomic mass is 9.94. The molecule has 9 nitrogen and oxygen atoms in total. The highest BCUT2D eigenvalue weighted by Gasteiger charge is 2.46. The lowest BCUT2D eigenvalue weighted by Crippen LogP contribution is -2.29. The summed E-state index contributed by atoms with van der Waals surface area (Å²) in [4.78, 5) is 42.6. The molecule has 1 saturated heterocycles. The number of amides is 1. The van der Waals surface area contributed by atoms with Gasteiger partial charge in [0.15, 0.2) is 0 Å². The van der Waals surface area contributed by atoms with Crippen molar-refractivity contribution < 1.29 is 24.4 Å². The number of aliphatic hydroxyl groups excluding tert-OH is 1. The number of unbranched alkanes of at least 4 members (excludes halogenated alkanes) is 1. The van der Waals surface area contributed by atoms with E-state index < -0.39 is 22.7 Å². The van der Waals surface area contributed by atoms with E-state index in [2.05, 4.69) is 4.98 Å². The van der Waals surface area contributed by atoms with E-state index in [0.29, 0.717) is 29.0 Å². The van der Waals surface area contributed by atoms with Gasteiger partial charge in [-0.2, -0.15) is 0 Å². The van der Waals surface area contributed by atoms with Gasteiger partial charge in [-0.1, -0.05) is 43.7 Å². The number of hydrogen-bond acceptors (Lipinski definition) is 7. The molecule has 1 unspecified atom stereocenters. The predicted octanol–water partition coefficient (Wildman–Crippen LogP) is 4.79. The fourth-order valence-electron chi connectivity index (χ4n) is 4.11. The number of Topliss-reactive ketones (excluding diaryl/α,β-unsaturated/α-hetero) is 1. The molecule has 2 aromatic carbocycles. The van der Waals surface area contributed by atoms with Crippen molar-refractivity contribution >= 4 is 23.1 Å². The molecular formula is C27H25N3O6. The normalized spacial score (nSPS) is 16.8. The third kappa shape index (κ3) is 5.10. The molecule has 0 saturated carbocycles. The van der Waals surface area contributed by atoms with E-state index in [1.54, 1.807) is 54.9 Å². The van der Waals surface area contributed by atoms with Gasteiger partial charge < -0.3 is 14.7 Å². The van der Waals surface area contributed by atoms with E-state index in [0.717, 1.165) is 12.8 Å². The van der Waals surface area contributed by atoms with E-state index in [1.165, 1.54) is 23.1 Å². The Morgan fingerprint density at radius 3 is 2.67 bits per heavy atom. The van der Waals surface area contributed by atoms with Crippen LogP contribution in [0.4, 0.5) is 5.69 Å². The summed E-state index contributed by atoms with van der Waals surface area (Å²) in [6.07, 6.45) is 4.98. The number of likely N-dealkylation sites (tertiary alicyclic amines) is 1. The Balaban J connectivity index is 1.82. The molecule has 1 amide bonds. The van der Waals surface area contributed by atoms with Crippen molar-refractivity contribution in [1.29, 1.82) is 0 Å². The zero-order valence-electron chi connectivity index (χ0n) is 19.7. The summed E-state index contributed by atoms with van der Waals surface area (Å²) in [7, 11) is 0. The maximum atomic E-state index is 13.2. The van der Waals surface area contributed by atoms with Gasteiger partial charge in [-0.15, -0.1) is 0 Å². The van der Waals surface area contributed by atoms with Crippen LogP contribution in [0.25, 0.3) is 5.76 Å². The second kappa shape index (κ2) is 10.8. The summed E-state index contributed by atoms with van der Waals surface area (Å²) >= 11 is 0. The summed E-state index contributed by atoms with van der Waals surface area (Å²) in [6.45, 7) is 2.58. The van der Waals surface area contributed by atoms with E-state index in [4.69, 9.17) is 4.74 Å². The van der Waals surface area contributed by atoms with Gasteiger partial charge in [-0.3, -0.25) is 24.7 Å². The summed E-state index contributed by atoms with van der Waals surface area (Å²) in [6, 6.07) is 14.8. The number of non-ortho nitro benzene ring substituents is 1. The van der Waals surface area contributed by atoms with Crippen LogP contribution in [0.1, 0.15) is 42.5 Å². The van der Waals surface area contributed by atoms with Crippen molar-refractivity contribution in [3.8, 4) is 5.75 Å². The summed E-state index contributed by atoms with van der Waals surface area (Å²) in [5.41, 5.74) is 0.977. The summed E-state index contributed by atoms with van der Waals surface area (Å²) < 4.78 is 5.72. The molecular weight excluding hydrogens is 462 g/mol. The molecule has 1 fully saturated rings. The lowest BCUT2D eigenvalue weighted by Gasteiger charge is -2.25. The topological polar surface area (TPSA) is 123 Å². The Hall–Kier alpha value is -4.53. The molecule has 2 heterocycles. The Labute approximate surface area is 207 Å². The van der Waals surface area contributed by atoms with Gasteiger partial charge in [-0.25, -0.2) is 0 Å². The summed E-state index contributed by atoms with van der Waals surface area (Å²) in [5, 5.41) is 22.7. The minimum absolute atomic E-state index is 0.0305. The maximum Gasteiger partial charge on any atom is 0.295 e. The minimum Gasteiger partial charge on any atom is -0.507 e. The van der Waals surface area contributed by atoms with Crippen molar-refractivity contribution in [3.63, 3.8) is 0 Å². The number of nitro groups is 1. The number of nitrogens with zero attached hydrogens (tertiary/aromatic N) is 3. The van der Waals surface area contributed by atoms with Crippen molar-refractivity contribution in [2.24, 2.45) is 0 Å². The Morgan fingerprint density at radius 2 is 1.94 bits per heavy atom. The fourth-order valence-corrected chi connectivity index (χ4v) is 4.11. The number of carbonyl (C=O) groups is 2. The third-order valence-electron chi connectivity index (χ3n) is 5.89. The molecule has 4 rings (SSSR count).